The van der Waals surface area contributed by atoms with Gasteiger partial charge in [-0.05, 0) is 42.9 Å². The van der Waals surface area contributed by atoms with E-state index in [0.29, 0.717) is 32.3 Å². The third-order valence-electron chi connectivity index (χ3n) is 4.23. The van der Waals surface area contributed by atoms with E-state index in [9.17, 15) is 4.79 Å². The highest BCUT2D eigenvalue weighted by Crippen LogP contribution is 2.33. The molecule has 1 amide bonds. The Kier molecular flexibility index (Phi) is 4.83. The van der Waals surface area contributed by atoms with Crippen LogP contribution in [-0.2, 0) is 9.53 Å². The zero-order valence-electron chi connectivity index (χ0n) is 13.0. The van der Waals surface area contributed by atoms with E-state index in [0.717, 1.165) is 30.8 Å². The van der Waals surface area contributed by atoms with Crippen molar-refractivity contribution < 1.29 is 19.0 Å². The molecular formula is C17H23NO4. The molecule has 2 aliphatic heterocycles. The summed E-state index contributed by atoms with van der Waals surface area (Å²) in [5, 5.41) is 2.97. The summed E-state index contributed by atoms with van der Waals surface area (Å²) in [6, 6.07) is 6.08. The monoisotopic (exact) mass is 305 g/mol. The van der Waals surface area contributed by atoms with Crippen LogP contribution in [0.15, 0.2) is 18.2 Å². The third-order valence-corrected chi connectivity index (χ3v) is 4.23. The summed E-state index contributed by atoms with van der Waals surface area (Å²) in [6.45, 7) is 4.73. The van der Waals surface area contributed by atoms with Gasteiger partial charge in [0.2, 0.25) is 5.91 Å². The Morgan fingerprint density at radius 2 is 2.09 bits per heavy atom. The second-order valence-corrected chi connectivity index (χ2v) is 5.89. The van der Waals surface area contributed by atoms with Gasteiger partial charge in [-0.15, -0.1) is 0 Å². The van der Waals surface area contributed by atoms with Crippen LogP contribution in [-0.4, -0.2) is 38.4 Å². The number of hydrogen-bond donors (Lipinski definition) is 1. The molecule has 2 aliphatic rings. The molecular weight excluding hydrogens is 282 g/mol. The molecule has 0 bridgehead atoms. The summed E-state index contributed by atoms with van der Waals surface area (Å²) < 4.78 is 16.5. The first-order valence-electron chi connectivity index (χ1n) is 8.03. The van der Waals surface area contributed by atoms with Gasteiger partial charge in [-0.2, -0.15) is 0 Å². The summed E-state index contributed by atoms with van der Waals surface area (Å²) in [7, 11) is 0. The van der Waals surface area contributed by atoms with Gasteiger partial charge in [-0.3, -0.25) is 4.79 Å². The molecule has 0 radical (unpaired) electrons. The smallest absolute Gasteiger partial charge is 0.249 e. The summed E-state index contributed by atoms with van der Waals surface area (Å²) in [5.74, 6) is 2.00. The minimum atomic E-state index is -0.246. The minimum absolute atomic E-state index is 0.0203. The van der Waals surface area contributed by atoms with Crippen molar-refractivity contribution in [3.8, 4) is 11.5 Å². The molecule has 5 nitrogen and oxygen atoms in total. The Bertz CT molecular complexity index is 525. The first-order valence-corrected chi connectivity index (χ1v) is 8.03. The van der Waals surface area contributed by atoms with Crippen LogP contribution in [0.5, 0.6) is 11.5 Å². The van der Waals surface area contributed by atoms with Gasteiger partial charge in [0.05, 0.1) is 0 Å². The Morgan fingerprint density at radius 3 is 2.86 bits per heavy atom. The van der Waals surface area contributed by atoms with Crippen molar-refractivity contribution in [2.45, 2.75) is 38.2 Å². The quantitative estimate of drug-likeness (QED) is 0.906. The molecule has 1 aromatic rings. The van der Waals surface area contributed by atoms with Crippen LogP contribution in [0.1, 0.15) is 37.7 Å². The number of benzene rings is 1. The molecule has 0 aliphatic carbocycles. The average Bonchev–Trinajstić information content (AvgIpc) is 3.08. The maximum atomic E-state index is 11.9. The summed E-state index contributed by atoms with van der Waals surface area (Å²) in [6.07, 6.45) is 2.46. The molecule has 2 heterocycles. The van der Waals surface area contributed by atoms with E-state index in [4.69, 9.17) is 14.2 Å². The van der Waals surface area contributed by atoms with E-state index in [1.165, 1.54) is 5.56 Å². The number of nitrogens with one attached hydrogen (secondary N) is 1. The lowest BCUT2D eigenvalue weighted by atomic mass is 9.97. The van der Waals surface area contributed by atoms with Crippen LogP contribution >= 0.6 is 0 Å². The molecule has 0 saturated carbocycles. The van der Waals surface area contributed by atoms with Gasteiger partial charge < -0.3 is 19.5 Å². The summed E-state index contributed by atoms with van der Waals surface area (Å²) >= 11 is 0. The number of amides is 1. The molecule has 2 atom stereocenters. The molecule has 3 rings (SSSR count). The third kappa shape index (κ3) is 3.53. The highest BCUT2D eigenvalue weighted by molar-refractivity contribution is 5.80. The second-order valence-electron chi connectivity index (χ2n) is 5.89. The second kappa shape index (κ2) is 7.01. The maximum absolute atomic E-state index is 11.9. The topological polar surface area (TPSA) is 56.8 Å². The Morgan fingerprint density at radius 1 is 1.27 bits per heavy atom. The zero-order valence-corrected chi connectivity index (χ0v) is 13.0. The Hall–Kier alpha value is -1.75. The number of carbonyl (C=O) groups excluding carboxylic acids is 1. The van der Waals surface area contributed by atoms with Crippen molar-refractivity contribution in [2.75, 3.05) is 26.4 Å². The lowest BCUT2D eigenvalue weighted by molar-refractivity contribution is -0.130. The van der Waals surface area contributed by atoms with Crippen LogP contribution in [0, 0.1) is 0 Å². The fraction of sp³-hybridized carbons (Fsp3) is 0.588. The van der Waals surface area contributed by atoms with Crippen LogP contribution in [0.4, 0.5) is 0 Å². The van der Waals surface area contributed by atoms with Gasteiger partial charge in [0.25, 0.3) is 0 Å². The number of fused-ring (bicyclic) bond motifs is 1. The maximum Gasteiger partial charge on any atom is 0.249 e. The molecule has 2 unspecified atom stereocenters. The van der Waals surface area contributed by atoms with Crippen molar-refractivity contribution in [1.82, 2.24) is 5.32 Å². The van der Waals surface area contributed by atoms with Gasteiger partial charge in [-0.1, -0.05) is 13.0 Å². The summed E-state index contributed by atoms with van der Waals surface area (Å²) in [5.41, 5.74) is 1.20. The molecule has 120 valence electrons. The van der Waals surface area contributed by atoms with E-state index in [-0.39, 0.29) is 12.0 Å². The van der Waals surface area contributed by atoms with Crippen LogP contribution < -0.4 is 14.8 Å². The van der Waals surface area contributed by atoms with Crippen molar-refractivity contribution >= 4 is 5.91 Å². The molecule has 0 spiro atoms. The van der Waals surface area contributed by atoms with E-state index < -0.39 is 0 Å². The van der Waals surface area contributed by atoms with Gasteiger partial charge in [0, 0.05) is 13.2 Å². The lowest BCUT2D eigenvalue weighted by Gasteiger charge is -2.20. The van der Waals surface area contributed by atoms with Crippen LogP contribution in [0.25, 0.3) is 0 Å². The van der Waals surface area contributed by atoms with Crippen LogP contribution in [0.3, 0.4) is 0 Å². The highest BCUT2D eigenvalue weighted by Gasteiger charge is 2.23. The average molecular weight is 305 g/mol. The number of ether oxygens (including phenoxy) is 3. The normalized spacial score (nSPS) is 21.4. The molecule has 1 N–H and O–H groups in total. The van der Waals surface area contributed by atoms with Gasteiger partial charge in [0.15, 0.2) is 11.5 Å². The fourth-order valence-corrected chi connectivity index (χ4v) is 2.84. The SMILES string of the molecule is CC(CCNC(=O)C1CCCO1)c1ccc2c(c1)OCCO2. The lowest BCUT2D eigenvalue weighted by Crippen LogP contribution is -2.35. The number of rotatable bonds is 5. The van der Waals surface area contributed by atoms with Gasteiger partial charge in [-0.25, -0.2) is 0 Å². The standard InChI is InChI=1S/C17H23NO4/c1-12(6-7-18-17(19)15-3-2-8-20-15)13-4-5-14-16(11-13)22-10-9-21-14/h4-5,11-12,15H,2-3,6-10H2,1H3,(H,18,19). The zero-order chi connectivity index (χ0) is 15.4. The predicted molar refractivity (Wildman–Crippen MR) is 82.4 cm³/mol. The Labute approximate surface area is 130 Å². The van der Waals surface area contributed by atoms with Crippen molar-refractivity contribution in [2.24, 2.45) is 0 Å². The first-order chi connectivity index (χ1) is 10.7. The highest BCUT2D eigenvalue weighted by atomic mass is 16.6. The number of hydrogen-bond acceptors (Lipinski definition) is 4. The van der Waals surface area contributed by atoms with E-state index >= 15 is 0 Å². The Balaban J connectivity index is 1.49. The first kappa shape index (κ1) is 15.2. The van der Waals surface area contributed by atoms with Crippen molar-refractivity contribution in [1.29, 1.82) is 0 Å². The molecule has 1 fully saturated rings. The van der Waals surface area contributed by atoms with Crippen molar-refractivity contribution in [3.05, 3.63) is 23.8 Å². The predicted octanol–water partition coefficient (Wildman–Crippen LogP) is 2.25. The van der Waals surface area contributed by atoms with Crippen molar-refractivity contribution in [3.63, 3.8) is 0 Å². The molecule has 22 heavy (non-hydrogen) atoms. The van der Waals surface area contributed by atoms with Gasteiger partial charge >= 0.3 is 0 Å². The molecule has 5 heteroatoms. The summed E-state index contributed by atoms with van der Waals surface area (Å²) in [4.78, 5) is 11.9. The minimum Gasteiger partial charge on any atom is -0.486 e. The molecule has 0 aromatic heterocycles. The van der Waals surface area contributed by atoms with E-state index in [1.807, 2.05) is 12.1 Å². The van der Waals surface area contributed by atoms with Gasteiger partial charge in [0.1, 0.15) is 19.3 Å². The molecule has 1 aromatic carbocycles. The van der Waals surface area contributed by atoms with Crippen LogP contribution in [0.2, 0.25) is 0 Å². The molecule has 1 saturated heterocycles. The largest absolute Gasteiger partial charge is 0.486 e. The van der Waals surface area contributed by atoms with E-state index in [2.05, 4.69) is 18.3 Å². The number of carbonyl (C=O) groups is 1. The fourth-order valence-electron chi connectivity index (χ4n) is 2.84. The van der Waals surface area contributed by atoms with E-state index in [1.54, 1.807) is 0 Å².